The van der Waals surface area contributed by atoms with Crippen molar-refractivity contribution >= 4 is 23.5 Å². The summed E-state index contributed by atoms with van der Waals surface area (Å²) in [5, 5.41) is 4.39. The minimum atomic E-state index is 0.0687. The third-order valence-corrected chi connectivity index (χ3v) is 5.28. The highest BCUT2D eigenvalue weighted by molar-refractivity contribution is 6.30. The Balaban J connectivity index is 1.70. The fraction of sp³-hybridized carbons (Fsp3) is 0.450. The van der Waals surface area contributed by atoms with E-state index in [4.69, 9.17) is 16.3 Å². The highest BCUT2D eigenvalue weighted by atomic mass is 35.5. The van der Waals surface area contributed by atoms with E-state index in [1.54, 1.807) is 0 Å². The molecule has 0 saturated carbocycles. The van der Waals surface area contributed by atoms with Crippen LogP contribution in [0, 0.1) is 5.92 Å². The first kappa shape index (κ1) is 17.6. The fourth-order valence-corrected chi connectivity index (χ4v) is 3.62. The van der Waals surface area contributed by atoms with Crippen molar-refractivity contribution in [3.8, 4) is 0 Å². The van der Waals surface area contributed by atoms with Crippen LogP contribution in [0.2, 0.25) is 5.02 Å². The lowest BCUT2D eigenvalue weighted by Crippen LogP contribution is -2.42. The summed E-state index contributed by atoms with van der Waals surface area (Å²) < 4.78 is 5.51. The van der Waals surface area contributed by atoms with Crippen molar-refractivity contribution in [1.82, 2.24) is 15.1 Å². The molecule has 3 aliphatic heterocycles. The number of rotatable bonds is 4. The molecule has 1 atom stereocenters. The number of aliphatic imine (C=N–C) groups is 1. The molecule has 138 valence electrons. The van der Waals surface area contributed by atoms with Gasteiger partial charge in [-0.05, 0) is 23.6 Å². The van der Waals surface area contributed by atoms with Gasteiger partial charge >= 0.3 is 0 Å². The maximum atomic E-state index is 6.09. The molecular weight excluding hydrogens is 348 g/mol. The topological polar surface area (TPSA) is 40.1 Å². The van der Waals surface area contributed by atoms with Crippen LogP contribution in [0.4, 0.5) is 0 Å². The molecule has 1 aromatic carbocycles. The van der Waals surface area contributed by atoms with Crippen molar-refractivity contribution in [1.29, 1.82) is 0 Å². The van der Waals surface area contributed by atoms with E-state index in [9.17, 15) is 0 Å². The number of halogens is 1. The van der Waals surface area contributed by atoms with Crippen molar-refractivity contribution in [2.75, 3.05) is 32.8 Å². The number of hydrogen-bond donors (Lipinski definition) is 1. The van der Waals surface area contributed by atoms with E-state index in [1.165, 1.54) is 5.70 Å². The molecule has 1 aromatic rings. The smallest absolute Gasteiger partial charge is 0.140 e. The Labute approximate surface area is 160 Å². The second-order valence-electron chi connectivity index (χ2n) is 7.20. The van der Waals surface area contributed by atoms with Crippen LogP contribution in [0.5, 0.6) is 0 Å². The minimum absolute atomic E-state index is 0.0687. The van der Waals surface area contributed by atoms with Gasteiger partial charge in [0.15, 0.2) is 0 Å². The standard InChI is InChI=1S/C20H25ClN4O/c1-14(2)17-12-25-18(13-24-7-9-26-10-8-24)20(23-19(25)11-22-17)15-3-5-16(21)6-4-15/h3-6,11-12,14,19,23H,7-10,13H2,1-2H3. The monoisotopic (exact) mass is 372 g/mol. The molecule has 4 rings (SSSR count). The SMILES string of the molecule is CC(C)C1=CN2C(CN3CCOCC3)=C(c3ccc(Cl)cc3)NC2C=N1. The van der Waals surface area contributed by atoms with Gasteiger partial charge in [0.1, 0.15) is 6.17 Å². The van der Waals surface area contributed by atoms with E-state index in [0.29, 0.717) is 5.92 Å². The molecule has 0 amide bonds. The fourth-order valence-electron chi connectivity index (χ4n) is 3.49. The van der Waals surface area contributed by atoms with Crippen LogP contribution in [0.3, 0.4) is 0 Å². The Bertz CT molecular complexity index is 748. The summed E-state index contributed by atoms with van der Waals surface area (Å²) in [6.45, 7) is 8.77. The van der Waals surface area contributed by atoms with Gasteiger partial charge in [0.25, 0.3) is 0 Å². The van der Waals surface area contributed by atoms with Crippen molar-refractivity contribution in [2.45, 2.75) is 20.0 Å². The summed E-state index contributed by atoms with van der Waals surface area (Å²) in [4.78, 5) is 9.43. The quantitative estimate of drug-likeness (QED) is 0.881. The summed E-state index contributed by atoms with van der Waals surface area (Å²) in [6.07, 6.45) is 4.28. The number of benzene rings is 1. The maximum Gasteiger partial charge on any atom is 0.140 e. The molecule has 1 saturated heterocycles. The predicted octanol–water partition coefficient (Wildman–Crippen LogP) is 3.15. The first-order chi connectivity index (χ1) is 12.6. The van der Waals surface area contributed by atoms with Gasteiger partial charge in [0.2, 0.25) is 0 Å². The van der Waals surface area contributed by atoms with Gasteiger partial charge in [0.05, 0.1) is 30.3 Å². The maximum absolute atomic E-state index is 6.09. The number of allylic oxidation sites excluding steroid dienone is 1. The Morgan fingerprint density at radius 2 is 1.96 bits per heavy atom. The lowest BCUT2D eigenvalue weighted by atomic mass is 10.1. The Kier molecular flexibility index (Phi) is 5.02. The number of nitrogens with zero attached hydrogens (tertiary/aromatic N) is 3. The average molecular weight is 373 g/mol. The molecule has 1 N–H and O–H groups in total. The second-order valence-corrected chi connectivity index (χ2v) is 7.64. The molecule has 0 radical (unpaired) electrons. The van der Waals surface area contributed by atoms with E-state index in [-0.39, 0.29) is 6.17 Å². The second kappa shape index (κ2) is 7.43. The normalized spacial score (nSPS) is 23.3. The lowest BCUT2D eigenvalue weighted by molar-refractivity contribution is 0.0402. The van der Waals surface area contributed by atoms with Crippen molar-refractivity contribution < 1.29 is 4.74 Å². The van der Waals surface area contributed by atoms with Crippen LogP contribution in [-0.4, -0.2) is 55.0 Å². The third-order valence-electron chi connectivity index (χ3n) is 5.03. The van der Waals surface area contributed by atoms with Crippen LogP contribution in [0.25, 0.3) is 5.70 Å². The summed E-state index contributed by atoms with van der Waals surface area (Å²) in [7, 11) is 0. The molecule has 6 heteroatoms. The number of fused-ring (bicyclic) bond motifs is 1. The summed E-state index contributed by atoms with van der Waals surface area (Å²) >= 11 is 6.09. The van der Waals surface area contributed by atoms with Crippen LogP contribution in [-0.2, 0) is 4.74 Å². The Morgan fingerprint density at radius 1 is 1.23 bits per heavy atom. The molecule has 5 nitrogen and oxygen atoms in total. The van der Waals surface area contributed by atoms with Crippen LogP contribution < -0.4 is 5.32 Å². The highest BCUT2D eigenvalue weighted by Gasteiger charge is 2.33. The highest BCUT2D eigenvalue weighted by Crippen LogP contribution is 2.32. The lowest BCUT2D eigenvalue weighted by Gasteiger charge is -2.32. The van der Waals surface area contributed by atoms with Gasteiger partial charge in [-0.3, -0.25) is 9.89 Å². The van der Waals surface area contributed by atoms with E-state index in [2.05, 4.69) is 52.3 Å². The molecule has 3 aliphatic rings. The molecule has 0 spiro atoms. The van der Waals surface area contributed by atoms with Gasteiger partial charge < -0.3 is 15.0 Å². The molecular formula is C20H25ClN4O. The molecule has 0 aliphatic carbocycles. The Hall–Kier alpha value is -1.82. The summed E-state index contributed by atoms with van der Waals surface area (Å²) in [5.41, 5.74) is 4.70. The first-order valence-electron chi connectivity index (χ1n) is 9.22. The van der Waals surface area contributed by atoms with Crippen molar-refractivity contribution in [2.24, 2.45) is 10.9 Å². The predicted molar refractivity (Wildman–Crippen MR) is 106 cm³/mol. The number of morpholine rings is 1. The van der Waals surface area contributed by atoms with Gasteiger partial charge in [-0.1, -0.05) is 37.6 Å². The van der Waals surface area contributed by atoms with Crippen LogP contribution >= 0.6 is 11.6 Å². The largest absolute Gasteiger partial charge is 0.379 e. The van der Waals surface area contributed by atoms with Crippen LogP contribution in [0.1, 0.15) is 19.4 Å². The first-order valence-corrected chi connectivity index (χ1v) is 9.59. The molecule has 1 fully saturated rings. The minimum Gasteiger partial charge on any atom is -0.379 e. The molecule has 0 bridgehead atoms. The zero-order valence-electron chi connectivity index (χ0n) is 15.3. The zero-order chi connectivity index (χ0) is 18.1. The molecule has 0 aromatic heterocycles. The molecule has 3 heterocycles. The average Bonchev–Trinajstić information content (AvgIpc) is 3.01. The molecule has 26 heavy (non-hydrogen) atoms. The van der Waals surface area contributed by atoms with Gasteiger partial charge in [-0.2, -0.15) is 0 Å². The van der Waals surface area contributed by atoms with E-state index in [1.807, 2.05) is 18.3 Å². The third kappa shape index (κ3) is 3.52. The van der Waals surface area contributed by atoms with Gasteiger partial charge in [-0.25, -0.2) is 0 Å². The summed E-state index contributed by atoms with van der Waals surface area (Å²) in [6, 6.07) is 8.04. The van der Waals surface area contributed by atoms with Crippen LogP contribution in [0.15, 0.2) is 46.9 Å². The zero-order valence-corrected chi connectivity index (χ0v) is 16.0. The Morgan fingerprint density at radius 3 is 2.65 bits per heavy atom. The van der Waals surface area contributed by atoms with E-state index in [0.717, 1.165) is 54.8 Å². The number of hydrogen-bond acceptors (Lipinski definition) is 5. The van der Waals surface area contributed by atoms with Gasteiger partial charge in [-0.15, -0.1) is 0 Å². The summed E-state index contributed by atoms with van der Waals surface area (Å²) in [5.74, 6) is 0.399. The van der Waals surface area contributed by atoms with E-state index < -0.39 is 0 Å². The van der Waals surface area contributed by atoms with Gasteiger partial charge in [0, 0.05) is 37.1 Å². The van der Waals surface area contributed by atoms with Crippen molar-refractivity contribution in [3.05, 3.63) is 52.4 Å². The molecule has 1 unspecified atom stereocenters. The van der Waals surface area contributed by atoms with E-state index >= 15 is 0 Å². The number of nitrogens with one attached hydrogen (secondary N) is 1. The van der Waals surface area contributed by atoms with Crippen molar-refractivity contribution in [3.63, 3.8) is 0 Å². The number of ether oxygens (including phenoxy) is 1.